The molecule has 1 N–H and O–H groups in total. The van der Waals surface area contributed by atoms with E-state index in [4.69, 9.17) is 14.2 Å². The first-order valence-electron chi connectivity index (χ1n) is 18.2. The molecule has 1 unspecified atom stereocenters. The number of non-ortho nitro benzene ring substituents is 2. The van der Waals surface area contributed by atoms with Crippen molar-refractivity contribution < 1.29 is 43.2 Å². The van der Waals surface area contributed by atoms with E-state index in [-0.39, 0.29) is 60.8 Å². The molecule has 0 spiro atoms. The average molecular weight is 791 g/mol. The summed E-state index contributed by atoms with van der Waals surface area (Å²) in [6, 6.07) is 17.1. The van der Waals surface area contributed by atoms with Crippen molar-refractivity contribution in [2.45, 2.75) is 68.0 Å². The number of methoxy groups -OCH3 is 1. The molecule has 3 aliphatic heterocycles. The topological polar surface area (TPSA) is 204 Å². The van der Waals surface area contributed by atoms with Crippen molar-refractivity contribution in [1.29, 1.82) is 0 Å². The highest BCUT2D eigenvalue weighted by Crippen LogP contribution is 2.33. The van der Waals surface area contributed by atoms with Crippen LogP contribution in [-0.4, -0.2) is 105 Å². The quantitative estimate of drug-likeness (QED) is 0.179. The molecule has 3 heterocycles. The Bertz CT molecular complexity index is 1910. The van der Waals surface area contributed by atoms with Gasteiger partial charge in [0.2, 0.25) is 11.8 Å². The number of rotatable bonds is 13. The number of nitrogens with one attached hydrogen (secondary N) is 1. The van der Waals surface area contributed by atoms with E-state index < -0.39 is 34.1 Å². The molecule has 6 rings (SSSR count). The summed E-state index contributed by atoms with van der Waals surface area (Å²) in [7, 11) is 1.60. The molecule has 0 radical (unpaired) electrons. The van der Waals surface area contributed by atoms with Crippen LogP contribution in [0.4, 0.5) is 21.0 Å². The zero-order valence-electron chi connectivity index (χ0n) is 30.7. The summed E-state index contributed by atoms with van der Waals surface area (Å²) < 4.78 is 16.3. The molecular formula is C38H42N6O11S. The van der Waals surface area contributed by atoms with Gasteiger partial charge in [0.05, 0.1) is 17.0 Å². The molecule has 18 heteroatoms. The van der Waals surface area contributed by atoms with Crippen molar-refractivity contribution >= 4 is 47.1 Å². The third kappa shape index (κ3) is 9.84. The van der Waals surface area contributed by atoms with E-state index in [9.17, 15) is 39.4 Å². The molecule has 3 aromatic rings. The Labute approximate surface area is 326 Å². The number of likely N-dealkylation sites (tertiary alicyclic amines) is 3. The molecule has 4 atom stereocenters. The number of nitrogens with zero attached hydrogens (tertiary/aromatic N) is 5. The van der Waals surface area contributed by atoms with Crippen molar-refractivity contribution in [2.24, 2.45) is 0 Å². The molecule has 0 aliphatic carbocycles. The smallest absolute Gasteiger partial charge is 0.410 e. The van der Waals surface area contributed by atoms with Crippen LogP contribution in [0, 0.1) is 20.2 Å². The molecule has 3 fully saturated rings. The summed E-state index contributed by atoms with van der Waals surface area (Å²) in [6.07, 6.45) is 0.615. The Hall–Kier alpha value is -5.91. The molecule has 3 aliphatic rings. The molecule has 17 nitrogen and oxygen atoms in total. The maximum atomic E-state index is 14.1. The second-order valence-electron chi connectivity index (χ2n) is 13.8. The van der Waals surface area contributed by atoms with Gasteiger partial charge in [-0.05, 0) is 78.8 Å². The molecule has 0 bridgehead atoms. The maximum Gasteiger partial charge on any atom is 0.410 e. The summed E-state index contributed by atoms with van der Waals surface area (Å²) >= 11 is 1.63. The molecule has 296 valence electrons. The van der Waals surface area contributed by atoms with Gasteiger partial charge >= 0.3 is 12.2 Å². The van der Waals surface area contributed by atoms with Gasteiger partial charge in [0.25, 0.3) is 11.4 Å². The monoisotopic (exact) mass is 790 g/mol. The summed E-state index contributed by atoms with van der Waals surface area (Å²) in [5.41, 5.74) is 2.04. The van der Waals surface area contributed by atoms with Gasteiger partial charge in [-0.25, -0.2) is 9.59 Å². The van der Waals surface area contributed by atoms with Crippen molar-refractivity contribution in [2.75, 3.05) is 33.3 Å². The number of carbonyl (C=O) groups excluding carboxylic acids is 4. The molecule has 4 amide bonds. The van der Waals surface area contributed by atoms with Gasteiger partial charge in [-0.3, -0.25) is 39.6 Å². The van der Waals surface area contributed by atoms with Crippen LogP contribution in [0.3, 0.4) is 0 Å². The number of hydrogen-bond donors (Lipinski definition) is 1. The number of nitro groups is 2. The summed E-state index contributed by atoms with van der Waals surface area (Å²) in [5.74, 6) is 0.800. The first-order chi connectivity index (χ1) is 27.0. The van der Waals surface area contributed by atoms with E-state index in [1.54, 1.807) is 23.8 Å². The van der Waals surface area contributed by atoms with E-state index in [0.717, 1.165) is 11.3 Å². The lowest BCUT2D eigenvalue weighted by molar-refractivity contribution is -0.385. The Morgan fingerprint density at radius 1 is 0.750 bits per heavy atom. The van der Waals surface area contributed by atoms with Crippen LogP contribution >= 0.6 is 11.8 Å². The number of carbonyl (C=O) groups is 4. The number of nitro benzene ring substituents is 2. The predicted octanol–water partition coefficient (Wildman–Crippen LogP) is 5.04. The van der Waals surface area contributed by atoms with Gasteiger partial charge in [-0.15, -0.1) is 0 Å². The van der Waals surface area contributed by atoms with Crippen LogP contribution in [0.25, 0.3) is 0 Å². The summed E-state index contributed by atoms with van der Waals surface area (Å²) in [6.45, 7) is 0.975. The number of benzene rings is 3. The van der Waals surface area contributed by atoms with Gasteiger partial charge in [0, 0.05) is 67.5 Å². The third-order valence-electron chi connectivity index (χ3n) is 10.1. The van der Waals surface area contributed by atoms with Crippen molar-refractivity contribution in [3.05, 3.63) is 110 Å². The van der Waals surface area contributed by atoms with Gasteiger partial charge in [0.15, 0.2) is 0 Å². The zero-order chi connectivity index (χ0) is 39.8. The Morgan fingerprint density at radius 3 is 1.89 bits per heavy atom. The minimum absolute atomic E-state index is 0.0652. The fourth-order valence-corrected chi connectivity index (χ4v) is 8.22. The van der Waals surface area contributed by atoms with Crippen molar-refractivity contribution in [3.63, 3.8) is 0 Å². The molecule has 56 heavy (non-hydrogen) atoms. The van der Waals surface area contributed by atoms with Crippen LogP contribution in [0.1, 0.15) is 42.4 Å². The highest BCUT2D eigenvalue weighted by atomic mass is 32.2. The van der Waals surface area contributed by atoms with E-state index in [1.807, 2.05) is 24.3 Å². The first kappa shape index (κ1) is 39.8. The van der Waals surface area contributed by atoms with E-state index in [2.05, 4.69) is 5.32 Å². The number of thioether (sulfide) groups is 1. The van der Waals surface area contributed by atoms with Gasteiger partial charge in [0.1, 0.15) is 31.0 Å². The van der Waals surface area contributed by atoms with Crippen molar-refractivity contribution in [1.82, 2.24) is 20.0 Å². The molecular weight excluding hydrogens is 749 g/mol. The third-order valence-corrected chi connectivity index (χ3v) is 11.4. The molecule has 0 saturated carbocycles. The van der Waals surface area contributed by atoms with Crippen LogP contribution in [0.2, 0.25) is 0 Å². The van der Waals surface area contributed by atoms with Gasteiger partial charge < -0.3 is 24.4 Å². The highest BCUT2D eigenvalue weighted by molar-refractivity contribution is 7.99. The average Bonchev–Trinajstić information content (AvgIpc) is 3.99. The number of amides is 4. The lowest BCUT2D eigenvalue weighted by atomic mass is 10.1. The zero-order valence-corrected chi connectivity index (χ0v) is 31.5. The summed E-state index contributed by atoms with van der Waals surface area (Å²) in [4.78, 5) is 79.4. The van der Waals surface area contributed by atoms with Gasteiger partial charge in [-0.1, -0.05) is 12.1 Å². The number of hydrogen-bond acceptors (Lipinski definition) is 12. The second-order valence-corrected chi connectivity index (χ2v) is 15.1. The molecule has 3 saturated heterocycles. The minimum atomic E-state index is -0.793. The molecule has 3 aromatic carbocycles. The van der Waals surface area contributed by atoms with Crippen molar-refractivity contribution in [3.8, 4) is 5.75 Å². The Balaban J connectivity index is 1.04. The van der Waals surface area contributed by atoms with Crippen LogP contribution in [0.15, 0.2) is 72.8 Å². The second kappa shape index (κ2) is 18.1. The largest absolute Gasteiger partial charge is 0.497 e. The fourth-order valence-electron chi connectivity index (χ4n) is 7.02. The molecule has 0 aromatic heterocycles. The van der Waals surface area contributed by atoms with Crippen LogP contribution in [0.5, 0.6) is 5.75 Å². The Kier molecular flexibility index (Phi) is 12.9. The Morgan fingerprint density at radius 2 is 1.32 bits per heavy atom. The standard InChI is InChI=1S/C38H42N6O11S/c1-53-31-14-8-27(9-15-31)24-56-32-19-34(42(21-32)38(48)55-23-26-6-12-30(13-7-26)44(51)52)36(46)40-18-16-28(20-40)39-35(45)33-3-2-17-41(33)37(47)54-22-25-4-10-29(11-5-25)43(49)50/h4-15,28,32-34H,2-3,16-24H2,1H3,(H,39,45)/t28-,32?,33+,34-/m0/s1. The lowest BCUT2D eigenvalue weighted by Gasteiger charge is -2.28. The van der Waals surface area contributed by atoms with E-state index in [0.29, 0.717) is 55.7 Å². The maximum absolute atomic E-state index is 14.1. The first-order valence-corrected chi connectivity index (χ1v) is 19.2. The summed E-state index contributed by atoms with van der Waals surface area (Å²) in [5, 5.41) is 24.9. The predicted molar refractivity (Wildman–Crippen MR) is 203 cm³/mol. The lowest BCUT2D eigenvalue weighted by Crippen LogP contribution is -2.51. The van der Waals surface area contributed by atoms with E-state index in [1.165, 1.54) is 58.3 Å². The van der Waals surface area contributed by atoms with Crippen LogP contribution in [-0.2, 0) is 38.0 Å². The highest BCUT2D eigenvalue weighted by Gasteiger charge is 2.44. The minimum Gasteiger partial charge on any atom is -0.497 e. The SMILES string of the molecule is COc1ccc(CSC2C[C@@H](C(=O)N3CC[C@H](NC(=O)[C@H]4CCCN4C(=O)OCc4ccc([N+](=O)[O-])cc4)C3)N(C(=O)OCc3ccc([N+](=O)[O-])cc3)C2)cc1. The van der Waals surface area contributed by atoms with Crippen LogP contribution < -0.4 is 10.1 Å². The normalized spacial score (nSPS) is 20.4. The van der Waals surface area contributed by atoms with E-state index >= 15 is 0 Å². The number of ether oxygens (including phenoxy) is 3. The van der Waals surface area contributed by atoms with Gasteiger partial charge in [-0.2, -0.15) is 11.8 Å². The fraction of sp³-hybridized carbons (Fsp3) is 0.421.